The molecule has 126 valence electrons. The lowest BCUT2D eigenvalue weighted by molar-refractivity contribution is 0.0781. The molecule has 2 aromatic carbocycles. The first kappa shape index (κ1) is 16.7. The van der Waals surface area contributed by atoms with Crippen molar-refractivity contribution >= 4 is 33.2 Å². The quantitative estimate of drug-likeness (QED) is 0.905. The summed E-state index contributed by atoms with van der Waals surface area (Å²) in [6, 6.07) is 7.87. The summed E-state index contributed by atoms with van der Waals surface area (Å²) in [4.78, 5) is 13.4. The van der Waals surface area contributed by atoms with Crippen molar-refractivity contribution in [3.8, 4) is 0 Å². The number of benzene rings is 2. The fourth-order valence-corrected chi connectivity index (χ4v) is 4.11. The summed E-state index contributed by atoms with van der Waals surface area (Å²) < 4.78 is 40.5. The number of rotatable bonds is 3. The van der Waals surface area contributed by atoms with Gasteiger partial charge in [0.05, 0.1) is 5.02 Å². The Morgan fingerprint density at radius 2 is 1.96 bits per heavy atom. The first-order valence-electron chi connectivity index (χ1n) is 7.14. The normalized spacial score (nSPS) is 14.5. The van der Waals surface area contributed by atoms with E-state index in [1.807, 2.05) is 0 Å². The zero-order valence-corrected chi connectivity index (χ0v) is 14.3. The summed E-state index contributed by atoms with van der Waals surface area (Å²) in [5.74, 6) is -0.872. The number of sulfonamides is 1. The second-order valence-corrected chi connectivity index (χ2v) is 7.59. The predicted molar refractivity (Wildman–Crippen MR) is 89.3 cm³/mol. The first-order valence-corrected chi connectivity index (χ1v) is 9.00. The fraction of sp³-hybridized carbons (Fsp3) is 0.188. The molecule has 1 aliphatic rings. The van der Waals surface area contributed by atoms with E-state index < -0.39 is 15.8 Å². The first-order chi connectivity index (χ1) is 11.3. The molecule has 8 heteroatoms. The molecule has 1 amide bonds. The Bertz CT molecular complexity index is 931. The number of carbonyl (C=O) groups excluding carboxylic acids is 1. The van der Waals surface area contributed by atoms with E-state index in [0.717, 1.165) is 17.7 Å². The molecule has 24 heavy (non-hydrogen) atoms. The van der Waals surface area contributed by atoms with Crippen molar-refractivity contribution in [3.05, 3.63) is 58.4 Å². The van der Waals surface area contributed by atoms with Crippen LogP contribution < -0.4 is 4.72 Å². The van der Waals surface area contributed by atoms with Crippen molar-refractivity contribution in [1.82, 2.24) is 4.90 Å². The Balaban J connectivity index is 1.97. The van der Waals surface area contributed by atoms with E-state index >= 15 is 0 Å². The lowest BCUT2D eigenvalue weighted by Gasteiger charge is -2.25. The number of nitrogens with zero attached hydrogens (tertiary/aromatic N) is 1. The van der Waals surface area contributed by atoms with Crippen LogP contribution in [0.1, 0.15) is 15.9 Å². The number of nitrogens with one attached hydrogen (secondary N) is 1. The molecule has 3 rings (SSSR count). The van der Waals surface area contributed by atoms with Crippen LogP contribution in [0.4, 0.5) is 10.1 Å². The summed E-state index contributed by atoms with van der Waals surface area (Å²) in [5.41, 5.74) is 1.54. The van der Waals surface area contributed by atoms with Gasteiger partial charge in [0.15, 0.2) is 0 Å². The van der Waals surface area contributed by atoms with Crippen LogP contribution in [0.5, 0.6) is 0 Å². The van der Waals surface area contributed by atoms with Crippen LogP contribution in [0.15, 0.2) is 41.3 Å². The number of fused-ring (bicyclic) bond motifs is 1. The highest BCUT2D eigenvalue weighted by Crippen LogP contribution is 2.27. The molecule has 0 saturated carbocycles. The van der Waals surface area contributed by atoms with Gasteiger partial charge in [-0.15, -0.1) is 0 Å². The average Bonchev–Trinajstić information content (AvgIpc) is 2.53. The molecule has 2 aromatic rings. The molecule has 0 saturated heterocycles. The summed E-state index contributed by atoms with van der Waals surface area (Å²) in [6.07, 6.45) is 0.709. The van der Waals surface area contributed by atoms with E-state index in [9.17, 15) is 17.6 Å². The Hall–Kier alpha value is -2.12. The van der Waals surface area contributed by atoms with Crippen molar-refractivity contribution < 1.29 is 17.6 Å². The van der Waals surface area contributed by atoms with Gasteiger partial charge in [0, 0.05) is 24.8 Å². The van der Waals surface area contributed by atoms with Crippen LogP contribution in [0.25, 0.3) is 0 Å². The molecular formula is C16H14ClFN2O3S. The number of amides is 1. The van der Waals surface area contributed by atoms with Gasteiger partial charge in [0.2, 0.25) is 0 Å². The Morgan fingerprint density at radius 3 is 2.71 bits per heavy atom. The number of carbonyl (C=O) groups is 1. The third kappa shape index (κ3) is 3.09. The molecular weight excluding hydrogens is 355 g/mol. The second-order valence-electron chi connectivity index (χ2n) is 5.53. The largest absolute Gasteiger partial charge is 0.341 e. The van der Waals surface area contributed by atoms with E-state index in [-0.39, 0.29) is 21.5 Å². The van der Waals surface area contributed by atoms with Gasteiger partial charge in [-0.1, -0.05) is 17.7 Å². The zero-order chi connectivity index (χ0) is 17.5. The molecule has 1 N–H and O–H groups in total. The molecule has 0 unspecified atom stereocenters. The molecule has 0 spiro atoms. The van der Waals surface area contributed by atoms with Gasteiger partial charge in [0.25, 0.3) is 15.9 Å². The van der Waals surface area contributed by atoms with Crippen molar-refractivity contribution in [3.63, 3.8) is 0 Å². The molecule has 1 heterocycles. The van der Waals surface area contributed by atoms with Gasteiger partial charge in [-0.05, 0) is 42.3 Å². The Morgan fingerprint density at radius 1 is 1.21 bits per heavy atom. The number of hydrogen-bond donors (Lipinski definition) is 1. The van der Waals surface area contributed by atoms with Crippen molar-refractivity contribution in [2.45, 2.75) is 11.3 Å². The lowest BCUT2D eigenvalue weighted by Crippen LogP contribution is -2.34. The highest BCUT2D eigenvalue weighted by Gasteiger charge is 2.24. The maximum absolute atomic E-state index is 13.3. The Kier molecular flexibility index (Phi) is 4.23. The molecule has 0 atom stereocenters. The molecule has 5 nitrogen and oxygen atoms in total. The molecule has 0 aromatic heterocycles. The van der Waals surface area contributed by atoms with E-state index in [1.165, 1.54) is 12.1 Å². The van der Waals surface area contributed by atoms with Crippen molar-refractivity contribution in [2.24, 2.45) is 0 Å². The molecule has 0 radical (unpaired) electrons. The van der Waals surface area contributed by atoms with E-state index in [1.54, 1.807) is 24.1 Å². The van der Waals surface area contributed by atoms with Crippen LogP contribution >= 0.6 is 11.6 Å². The van der Waals surface area contributed by atoms with Gasteiger partial charge in [-0.3, -0.25) is 9.52 Å². The summed E-state index contributed by atoms with van der Waals surface area (Å²) >= 11 is 5.86. The lowest BCUT2D eigenvalue weighted by atomic mass is 9.99. The summed E-state index contributed by atoms with van der Waals surface area (Å²) in [5, 5.41) is -0.0855. The maximum Gasteiger partial charge on any atom is 0.263 e. The van der Waals surface area contributed by atoms with Crippen LogP contribution in [-0.2, 0) is 16.4 Å². The molecule has 0 aliphatic carbocycles. The van der Waals surface area contributed by atoms with Gasteiger partial charge in [0.1, 0.15) is 10.7 Å². The fourth-order valence-electron chi connectivity index (χ4n) is 2.55. The second kappa shape index (κ2) is 6.07. The van der Waals surface area contributed by atoms with Crippen LogP contribution in [0.3, 0.4) is 0 Å². The third-order valence-corrected chi connectivity index (χ3v) is 5.70. The number of hydrogen-bond acceptors (Lipinski definition) is 3. The smallest absolute Gasteiger partial charge is 0.263 e. The van der Waals surface area contributed by atoms with Gasteiger partial charge in [-0.25, -0.2) is 12.8 Å². The van der Waals surface area contributed by atoms with Crippen LogP contribution in [-0.4, -0.2) is 32.8 Å². The minimum atomic E-state index is -4.07. The standard InChI is InChI=1S/C16H14ClFN2O3S/c1-20-7-6-10-2-4-12(9-13(10)16(20)21)19-24(22,23)15-8-11(18)3-5-14(15)17/h2-5,8-9,19H,6-7H2,1H3. The average molecular weight is 369 g/mol. The summed E-state index contributed by atoms with van der Waals surface area (Å²) in [7, 11) is -2.38. The van der Waals surface area contributed by atoms with Crippen LogP contribution in [0.2, 0.25) is 5.02 Å². The topological polar surface area (TPSA) is 66.5 Å². The monoisotopic (exact) mass is 368 g/mol. The molecule has 0 fully saturated rings. The van der Waals surface area contributed by atoms with Crippen molar-refractivity contribution in [2.75, 3.05) is 18.3 Å². The third-order valence-electron chi connectivity index (χ3n) is 3.84. The minimum absolute atomic E-state index is 0.0855. The number of anilines is 1. The van der Waals surface area contributed by atoms with E-state index in [2.05, 4.69) is 4.72 Å². The number of likely N-dealkylation sites (N-methyl/N-ethyl adjacent to an activating group) is 1. The van der Waals surface area contributed by atoms with Crippen molar-refractivity contribution in [1.29, 1.82) is 0 Å². The van der Waals surface area contributed by atoms with E-state index in [4.69, 9.17) is 11.6 Å². The Labute approximate surface area is 144 Å². The van der Waals surface area contributed by atoms with Gasteiger partial charge >= 0.3 is 0 Å². The SMILES string of the molecule is CN1CCc2ccc(NS(=O)(=O)c3cc(F)ccc3Cl)cc2C1=O. The molecule has 0 bridgehead atoms. The molecule has 1 aliphatic heterocycles. The predicted octanol–water partition coefficient (Wildman–Crippen LogP) is 2.91. The van der Waals surface area contributed by atoms with Gasteiger partial charge < -0.3 is 4.90 Å². The minimum Gasteiger partial charge on any atom is -0.341 e. The highest BCUT2D eigenvalue weighted by atomic mass is 35.5. The van der Waals surface area contributed by atoms with Gasteiger partial charge in [-0.2, -0.15) is 0 Å². The van der Waals surface area contributed by atoms with E-state index in [0.29, 0.717) is 18.5 Å². The number of halogens is 2. The highest BCUT2D eigenvalue weighted by molar-refractivity contribution is 7.92. The van der Waals surface area contributed by atoms with Crippen LogP contribution in [0, 0.1) is 5.82 Å². The summed E-state index contributed by atoms with van der Waals surface area (Å²) in [6.45, 7) is 0.621. The maximum atomic E-state index is 13.3. The zero-order valence-electron chi connectivity index (χ0n) is 12.7.